The number of aliphatic carboxylic acids is 1. The summed E-state index contributed by atoms with van der Waals surface area (Å²) in [7, 11) is 0. The molecule has 8 rings (SSSR count). The smallest absolute Gasteiger partial charge is 0.333 e. The zero-order valence-electron chi connectivity index (χ0n) is 23.3. The van der Waals surface area contributed by atoms with E-state index >= 15 is 0 Å². The molecule has 0 saturated carbocycles. The second-order valence-corrected chi connectivity index (χ2v) is 11.7. The lowest BCUT2D eigenvalue weighted by Gasteiger charge is -2.12. The van der Waals surface area contributed by atoms with Crippen LogP contribution in [-0.2, 0) is 4.79 Å². The Hall–Kier alpha value is -5.90. The van der Waals surface area contributed by atoms with Crippen LogP contribution in [0.5, 0.6) is 0 Å². The van der Waals surface area contributed by atoms with E-state index in [4.69, 9.17) is 6.57 Å². The summed E-state index contributed by atoms with van der Waals surface area (Å²) >= 11 is 1.47. The van der Waals surface area contributed by atoms with Crippen LogP contribution < -0.4 is 0 Å². The molecule has 8 aromatic rings. The SMILES string of the molecule is [C-]#[N+]/C(=C\c1ccc(-c2ccc3c(c2)c2ccccc2n3-c2ccc(-n3c4ccccc4c4ccccc43)cc2)s1)C(=O)O. The minimum atomic E-state index is -1.22. The Kier molecular flexibility index (Phi) is 5.93. The zero-order chi connectivity index (χ0) is 29.8. The van der Waals surface area contributed by atoms with Crippen LogP contribution in [0.4, 0.5) is 0 Å². The molecule has 0 spiro atoms. The molecule has 0 aliphatic carbocycles. The van der Waals surface area contributed by atoms with Gasteiger partial charge in [0.05, 0.1) is 28.6 Å². The highest BCUT2D eigenvalue weighted by atomic mass is 32.1. The third-order valence-corrected chi connectivity index (χ3v) is 9.23. The Morgan fingerprint density at radius 1 is 0.636 bits per heavy atom. The van der Waals surface area contributed by atoms with Crippen molar-refractivity contribution >= 4 is 67.0 Å². The molecule has 5 nitrogen and oxygen atoms in total. The van der Waals surface area contributed by atoms with Crippen LogP contribution in [0, 0.1) is 6.57 Å². The highest BCUT2D eigenvalue weighted by Crippen LogP contribution is 2.38. The van der Waals surface area contributed by atoms with E-state index < -0.39 is 5.97 Å². The molecule has 0 amide bonds. The summed E-state index contributed by atoms with van der Waals surface area (Å²) in [6.45, 7) is 7.14. The Balaban J connectivity index is 1.24. The monoisotopic (exact) mass is 585 g/mol. The quantitative estimate of drug-likeness (QED) is 0.161. The maximum Gasteiger partial charge on any atom is 0.333 e. The molecule has 1 N–H and O–H groups in total. The third kappa shape index (κ3) is 4.03. The second-order valence-electron chi connectivity index (χ2n) is 10.6. The molecule has 0 fully saturated rings. The van der Waals surface area contributed by atoms with Crippen LogP contribution in [0.3, 0.4) is 0 Å². The van der Waals surface area contributed by atoms with Gasteiger partial charge in [-0.3, -0.25) is 4.79 Å². The van der Waals surface area contributed by atoms with Gasteiger partial charge in [-0.1, -0.05) is 60.7 Å². The maximum atomic E-state index is 11.3. The Morgan fingerprint density at radius 3 is 1.66 bits per heavy atom. The number of nitrogens with zero attached hydrogens (tertiary/aromatic N) is 3. The van der Waals surface area contributed by atoms with Gasteiger partial charge in [-0.2, -0.15) is 0 Å². The first-order valence-corrected chi connectivity index (χ1v) is 15.0. The Morgan fingerprint density at radius 2 is 1.14 bits per heavy atom. The Bertz CT molecular complexity index is 2430. The van der Waals surface area contributed by atoms with Crippen molar-refractivity contribution in [3.8, 4) is 21.8 Å². The van der Waals surface area contributed by atoms with Crippen LogP contribution in [-0.4, -0.2) is 20.2 Å². The fourth-order valence-corrected chi connectivity index (χ4v) is 7.16. The minimum Gasteiger partial charge on any atom is -0.486 e. The van der Waals surface area contributed by atoms with Crippen molar-refractivity contribution in [1.82, 2.24) is 9.13 Å². The first-order chi connectivity index (χ1) is 21.6. The summed E-state index contributed by atoms with van der Waals surface area (Å²) in [6, 6.07) is 44.6. The number of rotatable bonds is 5. The molecule has 0 bridgehead atoms. The van der Waals surface area contributed by atoms with E-state index in [2.05, 4.69) is 129 Å². The highest BCUT2D eigenvalue weighted by molar-refractivity contribution is 7.16. The Labute approximate surface area is 256 Å². The van der Waals surface area contributed by atoms with Crippen LogP contribution in [0.1, 0.15) is 4.88 Å². The van der Waals surface area contributed by atoms with Gasteiger partial charge < -0.3 is 14.2 Å². The average Bonchev–Trinajstić information content (AvgIpc) is 3.76. The van der Waals surface area contributed by atoms with Crippen molar-refractivity contribution in [1.29, 1.82) is 0 Å². The second kappa shape index (κ2) is 10.1. The number of para-hydroxylation sites is 3. The van der Waals surface area contributed by atoms with Crippen LogP contribution in [0.15, 0.2) is 133 Å². The molecule has 0 aliphatic heterocycles. The molecule has 3 aromatic heterocycles. The number of thiophene rings is 1. The molecule has 0 radical (unpaired) electrons. The summed E-state index contributed by atoms with van der Waals surface area (Å²) < 4.78 is 4.64. The topological polar surface area (TPSA) is 51.5 Å². The fraction of sp³-hybridized carbons (Fsp3) is 0. The number of fused-ring (bicyclic) bond motifs is 6. The van der Waals surface area contributed by atoms with Crippen molar-refractivity contribution in [2.45, 2.75) is 0 Å². The van der Waals surface area contributed by atoms with E-state index in [1.54, 1.807) is 0 Å². The van der Waals surface area contributed by atoms with Crippen molar-refractivity contribution < 1.29 is 9.90 Å². The summed E-state index contributed by atoms with van der Waals surface area (Å²) in [4.78, 5) is 16.2. The molecule has 0 atom stereocenters. The number of carboxylic acid groups (broad SMARTS) is 1. The van der Waals surface area contributed by atoms with E-state index in [0.29, 0.717) is 0 Å². The lowest BCUT2D eigenvalue weighted by molar-refractivity contribution is -0.132. The third-order valence-electron chi connectivity index (χ3n) is 8.15. The molecule has 0 unspecified atom stereocenters. The van der Waals surface area contributed by atoms with Gasteiger partial charge >= 0.3 is 5.97 Å². The standard InChI is InChI=1S/C38H23N3O2S/c1-39-32(38(42)43)23-27-19-21-37(44-27)24-14-20-36-31(22-24)30-10-4-7-13-35(30)41(36)26-17-15-25(16-18-26)40-33-11-5-2-8-28(33)29-9-3-6-12-34(29)40/h2-23H,(H,42,43)/b32-23-. The van der Waals surface area contributed by atoms with Gasteiger partial charge in [-0.05, 0) is 78.4 Å². The molecular formula is C38H23N3O2S. The number of hydrogen-bond donors (Lipinski definition) is 1. The van der Waals surface area contributed by atoms with Gasteiger partial charge in [-0.25, -0.2) is 4.85 Å². The van der Waals surface area contributed by atoms with E-state index in [1.165, 1.54) is 39.2 Å². The number of hydrogen-bond acceptors (Lipinski definition) is 2. The van der Waals surface area contributed by atoms with Gasteiger partial charge in [-0.15, -0.1) is 11.3 Å². The van der Waals surface area contributed by atoms with E-state index in [-0.39, 0.29) is 5.70 Å². The molecule has 0 saturated heterocycles. The minimum absolute atomic E-state index is 0.291. The van der Waals surface area contributed by atoms with Crippen molar-refractivity contribution in [2.24, 2.45) is 0 Å². The number of carbonyl (C=O) groups is 1. The van der Waals surface area contributed by atoms with E-state index in [1.807, 2.05) is 12.1 Å². The van der Waals surface area contributed by atoms with Gasteiger partial charge in [0.25, 0.3) is 5.70 Å². The summed E-state index contributed by atoms with van der Waals surface area (Å²) in [5.41, 5.74) is 7.56. The first-order valence-electron chi connectivity index (χ1n) is 14.2. The lowest BCUT2D eigenvalue weighted by Crippen LogP contribution is -1.97. The first kappa shape index (κ1) is 25.8. The maximum absolute atomic E-state index is 11.3. The number of carboxylic acids is 1. The molecule has 5 aromatic carbocycles. The molecule has 208 valence electrons. The largest absolute Gasteiger partial charge is 0.486 e. The van der Waals surface area contributed by atoms with Crippen LogP contribution in [0.2, 0.25) is 0 Å². The van der Waals surface area contributed by atoms with Gasteiger partial charge in [0.15, 0.2) is 0 Å². The fourth-order valence-electron chi connectivity index (χ4n) is 6.22. The van der Waals surface area contributed by atoms with Gasteiger partial charge in [0.1, 0.15) is 0 Å². The van der Waals surface area contributed by atoms with Crippen LogP contribution >= 0.6 is 11.3 Å². The highest BCUT2D eigenvalue weighted by Gasteiger charge is 2.16. The van der Waals surface area contributed by atoms with Crippen LogP contribution in [0.25, 0.3) is 76.3 Å². The predicted octanol–water partition coefficient (Wildman–Crippen LogP) is 9.95. The predicted molar refractivity (Wildman–Crippen MR) is 181 cm³/mol. The summed E-state index contributed by atoms with van der Waals surface area (Å²) in [5, 5.41) is 14.0. The molecule has 6 heteroatoms. The van der Waals surface area contributed by atoms with Crippen molar-refractivity contribution in [3.05, 3.63) is 149 Å². The summed E-state index contributed by atoms with van der Waals surface area (Å²) in [5.74, 6) is -1.22. The lowest BCUT2D eigenvalue weighted by atomic mass is 10.1. The molecule has 0 aliphatic rings. The van der Waals surface area contributed by atoms with Gasteiger partial charge in [0.2, 0.25) is 0 Å². The number of benzene rings is 5. The van der Waals surface area contributed by atoms with Gasteiger partial charge in [0, 0.05) is 42.7 Å². The van der Waals surface area contributed by atoms with Crippen molar-refractivity contribution in [2.75, 3.05) is 0 Å². The average molecular weight is 586 g/mol. The van der Waals surface area contributed by atoms with E-state index in [0.717, 1.165) is 48.5 Å². The zero-order valence-corrected chi connectivity index (χ0v) is 24.1. The number of aromatic nitrogens is 2. The molecule has 3 heterocycles. The normalized spacial score (nSPS) is 11.9. The summed E-state index contributed by atoms with van der Waals surface area (Å²) in [6.07, 6.45) is 1.43. The van der Waals surface area contributed by atoms with Crippen molar-refractivity contribution in [3.63, 3.8) is 0 Å². The van der Waals surface area contributed by atoms with E-state index in [9.17, 15) is 9.90 Å². The molecule has 44 heavy (non-hydrogen) atoms. The molecular weight excluding hydrogens is 563 g/mol.